The van der Waals surface area contributed by atoms with Gasteiger partial charge < -0.3 is 10.2 Å². The van der Waals surface area contributed by atoms with Gasteiger partial charge in [-0.1, -0.05) is 12.1 Å². The Bertz CT molecular complexity index is 997. The molecule has 0 saturated heterocycles. The molecule has 106 valence electrons. The summed E-state index contributed by atoms with van der Waals surface area (Å²) >= 11 is 9.99. The van der Waals surface area contributed by atoms with Gasteiger partial charge in [0.15, 0.2) is 0 Å². The van der Waals surface area contributed by atoms with Crippen molar-refractivity contribution in [3.05, 3.63) is 49.6 Å². The van der Waals surface area contributed by atoms with Crippen LogP contribution in [-0.4, -0.2) is 21.1 Å². The predicted octanol–water partition coefficient (Wildman–Crippen LogP) is 2.17. The zero-order chi connectivity index (χ0) is 15.0. The van der Waals surface area contributed by atoms with E-state index in [-0.39, 0.29) is 26.4 Å². The van der Waals surface area contributed by atoms with Crippen molar-refractivity contribution < 1.29 is 4.42 Å². The molecule has 9 heteroatoms. The van der Waals surface area contributed by atoms with Gasteiger partial charge in [0.2, 0.25) is 20.9 Å². The fraction of sp³-hybridized carbons (Fsp3) is 0. The lowest BCUT2D eigenvalue weighted by atomic mass is 10.2. The molecule has 3 rings (SSSR count). The van der Waals surface area contributed by atoms with E-state index in [9.17, 15) is 4.79 Å². The maximum atomic E-state index is 12.4. The van der Waals surface area contributed by atoms with E-state index in [1.807, 2.05) is 0 Å². The summed E-state index contributed by atoms with van der Waals surface area (Å²) in [4.78, 5) is 12.4. The molecule has 7 nitrogen and oxygen atoms in total. The van der Waals surface area contributed by atoms with Crippen LogP contribution in [-0.2, 0) is 0 Å². The van der Waals surface area contributed by atoms with Crippen LogP contribution >= 0.6 is 24.4 Å². The molecule has 2 heterocycles. The normalized spacial score (nSPS) is 11.4. The molecule has 0 aliphatic rings. The van der Waals surface area contributed by atoms with Crippen LogP contribution < -0.4 is 11.2 Å². The third-order valence-electron chi connectivity index (χ3n) is 2.83. The van der Waals surface area contributed by atoms with E-state index in [2.05, 4.69) is 15.3 Å². The number of aromatic amines is 2. The molecule has 3 aromatic rings. The van der Waals surface area contributed by atoms with Gasteiger partial charge in [0.1, 0.15) is 11.1 Å². The van der Waals surface area contributed by atoms with Crippen molar-refractivity contribution >= 4 is 47.5 Å². The van der Waals surface area contributed by atoms with Crippen molar-refractivity contribution in [3.8, 4) is 0 Å². The molecule has 0 aliphatic heterocycles. The van der Waals surface area contributed by atoms with E-state index < -0.39 is 0 Å². The third-order valence-corrected chi connectivity index (χ3v) is 3.38. The van der Waals surface area contributed by atoms with Gasteiger partial charge in [0.25, 0.3) is 0 Å². The Kier molecular flexibility index (Phi) is 3.28. The van der Waals surface area contributed by atoms with E-state index in [4.69, 9.17) is 34.6 Å². The SMILES string of the molecule is Nc1oc2ccccc2c(=O)c1/C=N/n1c(=S)[nH][nH]c1=S. The predicted molar refractivity (Wildman–Crippen MR) is 84.7 cm³/mol. The van der Waals surface area contributed by atoms with Crippen LogP contribution in [0.15, 0.2) is 38.6 Å². The number of nitrogens with zero attached hydrogens (tertiary/aromatic N) is 2. The second-order valence-electron chi connectivity index (χ2n) is 4.12. The maximum absolute atomic E-state index is 12.4. The Labute approximate surface area is 127 Å². The Morgan fingerprint density at radius 2 is 1.90 bits per heavy atom. The van der Waals surface area contributed by atoms with E-state index in [1.165, 1.54) is 10.9 Å². The van der Waals surface area contributed by atoms with Crippen molar-refractivity contribution in [3.63, 3.8) is 0 Å². The Balaban J connectivity index is 2.20. The van der Waals surface area contributed by atoms with Crippen LogP contribution in [0, 0.1) is 9.54 Å². The number of rotatable bonds is 2. The first-order valence-electron chi connectivity index (χ1n) is 5.83. The summed E-state index contributed by atoms with van der Waals surface area (Å²) in [6, 6.07) is 6.84. The molecule has 0 aliphatic carbocycles. The van der Waals surface area contributed by atoms with Gasteiger partial charge in [-0.15, -0.1) is 0 Å². The summed E-state index contributed by atoms with van der Waals surface area (Å²) in [7, 11) is 0. The van der Waals surface area contributed by atoms with Gasteiger partial charge in [0.05, 0.1) is 11.6 Å². The summed E-state index contributed by atoms with van der Waals surface area (Å²) in [5.41, 5.74) is 6.07. The Morgan fingerprint density at radius 1 is 1.24 bits per heavy atom. The molecule has 1 aromatic carbocycles. The molecule has 4 N–H and O–H groups in total. The molecule has 0 radical (unpaired) electrons. The molecule has 21 heavy (non-hydrogen) atoms. The van der Waals surface area contributed by atoms with Crippen LogP contribution in [0.5, 0.6) is 0 Å². The minimum atomic E-state index is -0.268. The second-order valence-corrected chi connectivity index (χ2v) is 4.90. The van der Waals surface area contributed by atoms with Crippen molar-refractivity contribution in [1.29, 1.82) is 0 Å². The number of aromatic nitrogens is 3. The number of benzene rings is 1. The molecule has 0 fully saturated rings. The molecule has 0 unspecified atom stereocenters. The molecular weight excluding hydrogens is 310 g/mol. The number of hydrogen-bond donors (Lipinski definition) is 3. The molecule has 2 aromatic heterocycles. The van der Waals surface area contributed by atoms with Crippen LogP contribution in [0.2, 0.25) is 0 Å². The quantitative estimate of drug-likeness (QED) is 0.496. The van der Waals surface area contributed by atoms with Crippen LogP contribution in [0.25, 0.3) is 11.0 Å². The van der Waals surface area contributed by atoms with Crippen LogP contribution in [0.3, 0.4) is 0 Å². The number of para-hydroxylation sites is 1. The molecule has 0 atom stereocenters. The number of nitrogens with two attached hydrogens (primary N) is 1. The first-order valence-corrected chi connectivity index (χ1v) is 6.65. The summed E-state index contributed by atoms with van der Waals surface area (Å²) in [6.07, 6.45) is 1.28. The number of fused-ring (bicyclic) bond motifs is 1. The summed E-state index contributed by atoms with van der Waals surface area (Å²) in [6.45, 7) is 0. The highest BCUT2D eigenvalue weighted by Crippen LogP contribution is 2.15. The average molecular weight is 319 g/mol. The fourth-order valence-electron chi connectivity index (χ4n) is 1.82. The van der Waals surface area contributed by atoms with E-state index >= 15 is 0 Å². The van der Waals surface area contributed by atoms with Crippen molar-refractivity contribution in [2.75, 3.05) is 5.73 Å². The van der Waals surface area contributed by atoms with Gasteiger partial charge in [-0.05, 0) is 36.6 Å². The second kappa shape index (κ2) is 5.11. The first-order chi connectivity index (χ1) is 10.1. The summed E-state index contributed by atoms with van der Waals surface area (Å²) in [5, 5.41) is 9.74. The average Bonchev–Trinajstić information content (AvgIpc) is 2.78. The van der Waals surface area contributed by atoms with Crippen molar-refractivity contribution in [2.45, 2.75) is 0 Å². The fourth-order valence-corrected chi connectivity index (χ4v) is 2.26. The standard InChI is InChI=1S/C12H9N5O2S2/c13-10-7(5-14-17-11(20)15-16-12(17)21)9(18)6-3-1-2-4-8(6)19-10/h1-5H,13H2,(H,15,20)(H,16,21)/b14-5+. The molecular formula is C12H9N5O2S2. The lowest BCUT2D eigenvalue weighted by molar-refractivity contribution is 0.624. The number of nitrogen functional groups attached to an aromatic ring is 1. The Hall–Kier alpha value is -2.52. The van der Waals surface area contributed by atoms with Gasteiger partial charge in [0, 0.05) is 0 Å². The zero-order valence-electron chi connectivity index (χ0n) is 10.5. The topological polar surface area (TPSA) is 105 Å². The van der Waals surface area contributed by atoms with Crippen molar-refractivity contribution in [1.82, 2.24) is 14.9 Å². The number of nitrogens with one attached hydrogen (secondary N) is 2. The largest absolute Gasteiger partial charge is 0.440 e. The molecule has 0 bridgehead atoms. The van der Waals surface area contributed by atoms with Gasteiger partial charge in [-0.2, -0.15) is 9.78 Å². The van der Waals surface area contributed by atoms with Crippen molar-refractivity contribution in [2.24, 2.45) is 5.10 Å². The monoisotopic (exact) mass is 319 g/mol. The molecule has 0 spiro atoms. The van der Waals surface area contributed by atoms with Crippen LogP contribution in [0.4, 0.5) is 5.88 Å². The lowest BCUT2D eigenvalue weighted by Crippen LogP contribution is -2.12. The summed E-state index contributed by atoms with van der Waals surface area (Å²) in [5.74, 6) is -0.0144. The highest BCUT2D eigenvalue weighted by Gasteiger charge is 2.10. The molecule has 0 amide bonds. The smallest absolute Gasteiger partial charge is 0.215 e. The minimum absolute atomic E-state index is 0.0144. The van der Waals surface area contributed by atoms with E-state index in [0.717, 1.165) is 0 Å². The lowest BCUT2D eigenvalue weighted by Gasteiger charge is -2.01. The van der Waals surface area contributed by atoms with E-state index in [1.54, 1.807) is 24.3 Å². The zero-order valence-corrected chi connectivity index (χ0v) is 12.1. The first kappa shape index (κ1) is 13.5. The van der Waals surface area contributed by atoms with Gasteiger partial charge >= 0.3 is 0 Å². The van der Waals surface area contributed by atoms with Gasteiger partial charge in [-0.25, -0.2) is 0 Å². The number of hydrogen-bond acceptors (Lipinski definition) is 6. The minimum Gasteiger partial charge on any atom is -0.440 e. The highest BCUT2D eigenvalue weighted by molar-refractivity contribution is 7.72. The third kappa shape index (κ3) is 2.32. The van der Waals surface area contributed by atoms with Crippen LogP contribution in [0.1, 0.15) is 5.56 Å². The highest BCUT2D eigenvalue weighted by atomic mass is 32.1. The maximum Gasteiger partial charge on any atom is 0.215 e. The number of anilines is 1. The Morgan fingerprint density at radius 3 is 2.62 bits per heavy atom. The summed E-state index contributed by atoms with van der Waals surface area (Å²) < 4.78 is 7.23. The molecule has 0 saturated carbocycles. The van der Waals surface area contributed by atoms with E-state index in [0.29, 0.717) is 11.0 Å². The number of H-pyrrole nitrogens is 2. The van der Waals surface area contributed by atoms with Gasteiger partial charge in [-0.3, -0.25) is 15.0 Å².